The molecule has 1 atom stereocenters. The molecule has 6 nitrogen and oxygen atoms in total. The van der Waals surface area contributed by atoms with E-state index in [-0.39, 0.29) is 28.6 Å². The number of hydrogen-bond acceptors (Lipinski definition) is 5. The molecule has 2 heterocycles. The molecule has 7 heteroatoms. The van der Waals surface area contributed by atoms with Crippen molar-refractivity contribution in [1.82, 2.24) is 9.55 Å². The second kappa shape index (κ2) is 7.31. The lowest BCUT2D eigenvalue weighted by Crippen LogP contribution is -2.37. The summed E-state index contributed by atoms with van der Waals surface area (Å²) in [5.41, 5.74) is 1.55. The smallest absolute Gasteiger partial charge is 0.254 e. The van der Waals surface area contributed by atoms with Crippen molar-refractivity contribution in [2.24, 2.45) is 5.92 Å². The van der Waals surface area contributed by atoms with Crippen molar-refractivity contribution < 1.29 is 9.59 Å². The summed E-state index contributed by atoms with van der Waals surface area (Å²) in [6.45, 7) is 7.85. The number of thioether (sulfide) groups is 1. The molecule has 1 aromatic carbocycles. The molecule has 0 saturated carbocycles. The standard InChI is InChI=1S/C20H23N3O3S/c1-12(24)13-6-5-7-15(8-13)21-18(26)14-10-23-17(25)9-16(20(2,3)4)22-19(23)27-11-14/h5-9,14H,10-11H2,1-4H3,(H,21,26). The van der Waals surface area contributed by atoms with Crippen molar-refractivity contribution in [2.45, 2.75) is 44.8 Å². The van der Waals surface area contributed by atoms with Crippen LogP contribution in [0.15, 0.2) is 40.3 Å². The minimum Gasteiger partial charge on any atom is -0.326 e. The molecule has 0 saturated heterocycles. The van der Waals surface area contributed by atoms with Gasteiger partial charge in [0.15, 0.2) is 10.9 Å². The Morgan fingerprint density at radius 1 is 1.26 bits per heavy atom. The maximum Gasteiger partial charge on any atom is 0.254 e. The first-order valence-electron chi connectivity index (χ1n) is 8.82. The van der Waals surface area contributed by atoms with Gasteiger partial charge >= 0.3 is 0 Å². The molecule has 1 N–H and O–H groups in total. The molecule has 0 radical (unpaired) electrons. The number of carbonyl (C=O) groups is 2. The fourth-order valence-corrected chi connectivity index (χ4v) is 3.90. The number of carbonyl (C=O) groups excluding carboxylic acids is 2. The third-order valence-electron chi connectivity index (χ3n) is 4.47. The monoisotopic (exact) mass is 385 g/mol. The van der Waals surface area contributed by atoms with Gasteiger partial charge in [-0.3, -0.25) is 19.0 Å². The van der Waals surface area contributed by atoms with Gasteiger partial charge in [-0.2, -0.15) is 0 Å². The second-order valence-electron chi connectivity index (χ2n) is 7.76. The van der Waals surface area contributed by atoms with Crippen molar-refractivity contribution in [3.63, 3.8) is 0 Å². The summed E-state index contributed by atoms with van der Waals surface area (Å²) in [5.74, 6) is -0.0113. The molecule has 0 aliphatic carbocycles. The van der Waals surface area contributed by atoms with Crippen LogP contribution in [0.3, 0.4) is 0 Å². The number of anilines is 1. The quantitative estimate of drug-likeness (QED) is 0.649. The third kappa shape index (κ3) is 4.30. The van der Waals surface area contributed by atoms with Crippen molar-refractivity contribution in [2.75, 3.05) is 11.1 Å². The Balaban J connectivity index is 1.78. The fourth-order valence-electron chi connectivity index (χ4n) is 2.81. The van der Waals surface area contributed by atoms with Gasteiger partial charge in [-0.25, -0.2) is 4.98 Å². The second-order valence-corrected chi connectivity index (χ2v) is 8.74. The van der Waals surface area contributed by atoms with E-state index < -0.39 is 0 Å². The lowest BCUT2D eigenvalue weighted by atomic mass is 9.92. The molecular formula is C20H23N3O3S. The molecule has 142 valence electrons. The van der Waals surface area contributed by atoms with Gasteiger partial charge in [-0.05, 0) is 19.1 Å². The number of aromatic nitrogens is 2. The maximum atomic E-state index is 12.7. The molecule has 1 aliphatic rings. The molecule has 1 aromatic heterocycles. The highest BCUT2D eigenvalue weighted by molar-refractivity contribution is 7.99. The lowest BCUT2D eigenvalue weighted by Gasteiger charge is -2.26. The highest BCUT2D eigenvalue weighted by atomic mass is 32.2. The molecule has 3 rings (SSSR count). The number of rotatable bonds is 3. The highest BCUT2D eigenvalue weighted by Gasteiger charge is 2.28. The van der Waals surface area contributed by atoms with Crippen LogP contribution in [0.5, 0.6) is 0 Å². The summed E-state index contributed by atoms with van der Waals surface area (Å²) in [4.78, 5) is 41.3. The molecule has 0 bridgehead atoms. The summed E-state index contributed by atoms with van der Waals surface area (Å²) >= 11 is 1.43. The van der Waals surface area contributed by atoms with Crippen LogP contribution in [0.1, 0.15) is 43.7 Å². The zero-order valence-corrected chi connectivity index (χ0v) is 16.7. The van der Waals surface area contributed by atoms with Gasteiger partial charge < -0.3 is 5.32 Å². The van der Waals surface area contributed by atoms with Gasteiger partial charge in [0.25, 0.3) is 5.56 Å². The fraction of sp³-hybridized carbons (Fsp3) is 0.400. The van der Waals surface area contributed by atoms with Gasteiger partial charge in [-0.1, -0.05) is 44.7 Å². The van der Waals surface area contributed by atoms with E-state index in [0.29, 0.717) is 28.7 Å². The number of benzene rings is 1. The van der Waals surface area contributed by atoms with E-state index in [4.69, 9.17) is 0 Å². The number of ketones is 1. The Labute approximate surface area is 162 Å². The minimum atomic E-state index is -0.344. The molecule has 1 unspecified atom stereocenters. The zero-order chi connectivity index (χ0) is 19.8. The Morgan fingerprint density at radius 2 is 2.00 bits per heavy atom. The van der Waals surface area contributed by atoms with E-state index in [1.54, 1.807) is 34.9 Å². The summed E-state index contributed by atoms with van der Waals surface area (Å²) in [5, 5.41) is 3.51. The zero-order valence-electron chi connectivity index (χ0n) is 15.9. The van der Waals surface area contributed by atoms with E-state index in [1.165, 1.54) is 18.7 Å². The van der Waals surface area contributed by atoms with Crippen molar-refractivity contribution >= 4 is 29.1 Å². The largest absolute Gasteiger partial charge is 0.326 e. The molecule has 1 aliphatic heterocycles. The Kier molecular flexibility index (Phi) is 5.24. The number of amides is 1. The molecule has 0 fully saturated rings. The molecule has 1 amide bonds. The van der Waals surface area contributed by atoms with Crippen molar-refractivity contribution in [1.29, 1.82) is 0 Å². The third-order valence-corrected chi connectivity index (χ3v) is 5.60. The van der Waals surface area contributed by atoms with Crippen LogP contribution in [0, 0.1) is 5.92 Å². The van der Waals surface area contributed by atoms with Crippen LogP contribution < -0.4 is 10.9 Å². The molecular weight excluding hydrogens is 362 g/mol. The summed E-state index contributed by atoms with van der Waals surface area (Å²) in [6, 6.07) is 8.41. The first-order chi connectivity index (χ1) is 12.6. The topological polar surface area (TPSA) is 81.1 Å². The average molecular weight is 385 g/mol. The predicted molar refractivity (Wildman–Crippen MR) is 106 cm³/mol. The van der Waals surface area contributed by atoms with E-state index in [1.807, 2.05) is 20.8 Å². The number of nitrogens with one attached hydrogen (secondary N) is 1. The SMILES string of the molecule is CC(=O)c1cccc(NC(=O)C2CSc3nc(C(C)(C)C)cc(=O)n3C2)c1. The number of nitrogens with zero attached hydrogens (tertiary/aromatic N) is 2. The van der Waals surface area contributed by atoms with Crippen LogP contribution in [-0.4, -0.2) is 27.0 Å². The molecule has 27 heavy (non-hydrogen) atoms. The Bertz CT molecular complexity index is 960. The maximum absolute atomic E-state index is 12.7. The van der Waals surface area contributed by atoms with E-state index >= 15 is 0 Å². The Hall–Kier alpha value is -2.41. The summed E-state index contributed by atoms with van der Waals surface area (Å²) in [7, 11) is 0. The van der Waals surface area contributed by atoms with Gasteiger partial charge in [0.1, 0.15) is 0 Å². The average Bonchev–Trinajstić information content (AvgIpc) is 2.60. The van der Waals surface area contributed by atoms with Gasteiger partial charge in [0, 0.05) is 35.0 Å². The summed E-state index contributed by atoms with van der Waals surface area (Å²) in [6.07, 6.45) is 0. The van der Waals surface area contributed by atoms with E-state index in [2.05, 4.69) is 10.3 Å². The Morgan fingerprint density at radius 3 is 2.67 bits per heavy atom. The predicted octanol–water partition coefficient (Wildman–Crippen LogP) is 3.10. The van der Waals surface area contributed by atoms with Gasteiger partial charge in [-0.15, -0.1) is 0 Å². The number of fused-ring (bicyclic) bond motifs is 1. The van der Waals surface area contributed by atoms with Crippen LogP contribution in [0.2, 0.25) is 0 Å². The number of Topliss-reactive ketones (excluding diaryl/α,β-unsaturated/α-hetero) is 1. The van der Waals surface area contributed by atoms with Crippen molar-refractivity contribution in [3.8, 4) is 0 Å². The summed E-state index contributed by atoms with van der Waals surface area (Å²) < 4.78 is 1.57. The first kappa shape index (κ1) is 19.4. The van der Waals surface area contributed by atoms with Crippen molar-refractivity contribution in [3.05, 3.63) is 51.9 Å². The van der Waals surface area contributed by atoms with Crippen LogP contribution in [0.25, 0.3) is 0 Å². The van der Waals surface area contributed by atoms with Gasteiger partial charge in [0.2, 0.25) is 5.91 Å². The normalized spacial score (nSPS) is 16.5. The van der Waals surface area contributed by atoms with E-state index in [0.717, 1.165) is 5.69 Å². The highest BCUT2D eigenvalue weighted by Crippen LogP contribution is 2.28. The van der Waals surface area contributed by atoms with E-state index in [9.17, 15) is 14.4 Å². The molecule has 0 spiro atoms. The minimum absolute atomic E-state index is 0.0551. The van der Waals surface area contributed by atoms with Gasteiger partial charge in [0.05, 0.1) is 11.6 Å². The number of hydrogen-bond donors (Lipinski definition) is 1. The lowest BCUT2D eigenvalue weighted by molar-refractivity contribution is -0.119. The first-order valence-corrected chi connectivity index (χ1v) is 9.81. The van der Waals surface area contributed by atoms with Crippen LogP contribution >= 0.6 is 11.8 Å². The van der Waals surface area contributed by atoms with Crippen LogP contribution in [-0.2, 0) is 16.8 Å². The molecule has 2 aromatic rings. The van der Waals surface area contributed by atoms with Crippen LogP contribution in [0.4, 0.5) is 5.69 Å².